The largest absolute Gasteiger partial charge is 0.497 e. The number of benzene rings is 2. The van der Waals surface area contributed by atoms with Crippen LogP contribution in [-0.4, -0.2) is 54.3 Å². The maximum Gasteiger partial charge on any atom is 0.269 e. The topological polar surface area (TPSA) is 50.6 Å². The zero-order valence-electron chi connectivity index (χ0n) is 15.5. The molecule has 3 aromatic rings. The van der Waals surface area contributed by atoms with Crippen LogP contribution in [0.4, 0.5) is 5.69 Å². The van der Waals surface area contributed by atoms with Crippen molar-refractivity contribution in [3.8, 4) is 5.75 Å². The van der Waals surface area contributed by atoms with Gasteiger partial charge in [-0.05, 0) is 24.3 Å². The van der Waals surface area contributed by atoms with E-state index in [2.05, 4.69) is 26.9 Å². The molecule has 2 heterocycles. The smallest absolute Gasteiger partial charge is 0.269 e. The lowest BCUT2D eigenvalue weighted by Crippen LogP contribution is -2.47. The first-order valence-electron chi connectivity index (χ1n) is 9.30. The Bertz CT molecular complexity index is 977. The first kappa shape index (κ1) is 17.5. The molecule has 1 aliphatic heterocycles. The molecule has 140 valence electrons. The van der Waals surface area contributed by atoms with E-state index >= 15 is 0 Å². The third-order valence-corrected chi connectivity index (χ3v) is 5.18. The summed E-state index contributed by atoms with van der Waals surface area (Å²) in [4.78, 5) is 21.3. The highest BCUT2D eigenvalue weighted by molar-refractivity contribution is 5.74. The van der Waals surface area contributed by atoms with Crippen LogP contribution in [0.3, 0.4) is 0 Å². The molecule has 0 atom stereocenters. The van der Waals surface area contributed by atoms with Crippen LogP contribution in [0.5, 0.6) is 5.75 Å². The van der Waals surface area contributed by atoms with Crippen molar-refractivity contribution in [2.75, 3.05) is 44.7 Å². The van der Waals surface area contributed by atoms with Crippen molar-refractivity contribution in [3.05, 3.63) is 65.1 Å². The highest BCUT2D eigenvalue weighted by atomic mass is 16.5. The second-order valence-corrected chi connectivity index (χ2v) is 6.77. The van der Waals surface area contributed by atoms with E-state index in [1.165, 1.54) is 11.9 Å². The third kappa shape index (κ3) is 3.80. The van der Waals surface area contributed by atoms with Crippen LogP contribution in [0.2, 0.25) is 0 Å². The number of aromatic nitrogens is 2. The molecular weight excluding hydrogens is 340 g/mol. The number of piperazine rings is 1. The fraction of sp³-hybridized carbons (Fsp3) is 0.333. The molecule has 1 aromatic heterocycles. The van der Waals surface area contributed by atoms with Gasteiger partial charge in [0, 0.05) is 51.0 Å². The maximum absolute atomic E-state index is 12.3. The fourth-order valence-corrected chi connectivity index (χ4v) is 3.62. The summed E-state index contributed by atoms with van der Waals surface area (Å²) >= 11 is 0. The number of hydrogen-bond acceptors (Lipinski definition) is 5. The van der Waals surface area contributed by atoms with Crippen LogP contribution in [0.15, 0.2) is 59.5 Å². The van der Waals surface area contributed by atoms with Crippen molar-refractivity contribution >= 4 is 16.7 Å². The van der Waals surface area contributed by atoms with Crippen molar-refractivity contribution in [1.82, 2.24) is 14.5 Å². The Hall–Kier alpha value is -2.86. The molecule has 0 amide bonds. The maximum atomic E-state index is 12.3. The van der Waals surface area contributed by atoms with Crippen molar-refractivity contribution in [2.45, 2.75) is 6.54 Å². The minimum Gasteiger partial charge on any atom is -0.497 e. The summed E-state index contributed by atoms with van der Waals surface area (Å²) in [5.74, 6) is 0.888. The van der Waals surface area contributed by atoms with E-state index in [0.717, 1.165) is 49.5 Å². The molecule has 1 saturated heterocycles. The lowest BCUT2D eigenvalue weighted by Gasteiger charge is -2.36. The highest BCUT2D eigenvalue weighted by Gasteiger charge is 2.17. The Morgan fingerprint density at radius 3 is 2.63 bits per heavy atom. The van der Waals surface area contributed by atoms with Gasteiger partial charge in [0.05, 0.1) is 24.3 Å². The molecule has 1 aliphatic rings. The van der Waals surface area contributed by atoms with Crippen LogP contribution < -0.4 is 15.2 Å². The molecule has 0 spiro atoms. The molecule has 0 aliphatic carbocycles. The van der Waals surface area contributed by atoms with Gasteiger partial charge >= 0.3 is 0 Å². The van der Waals surface area contributed by atoms with Gasteiger partial charge in [-0.25, -0.2) is 4.98 Å². The van der Waals surface area contributed by atoms with Crippen LogP contribution in [0.1, 0.15) is 0 Å². The minimum atomic E-state index is -0.0382. The molecule has 0 unspecified atom stereocenters. The summed E-state index contributed by atoms with van der Waals surface area (Å²) in [5.41, 5.74) is 2.93. The molecule has 0 saturated carbocycles. The SMILES string of the molecule is COc1cccc(N2CCN(CCn3c(=O)cnc4ccccc43)CC2)c1. The van der Waals surface area contributed by atoms with E-state index in [9.17, 15) is 4.79 Å². The van der Waals surface area contributed by atoms with Gasteiger partial charge < -0.3 is 14.2 Å². The van der Waals surface area contributed by atoms with Crippen LogP contribution in [0, 0.1) is 0 Å². The molecule has 0 radical (unpaired) electrons. The Morgan fingerprint density at radius 2 is 1.81 bits per heavy atom. The summed E-state index contributed by atoms with van der Waals surface area (Å²) in [7, 11) is 1.70. The number of fused-ring (bicyclic) bond motifs is 1. The summed E-state index contributed by atoms with van der Waals surface area (Å²) in [5, 5.41) is 0. The monoisotopic (exact) mass is 364 g/mol. The molecule has 0 N–H and O–H groups in total. The summed E-state index contributed by atoms with van der Waals surface area (Å²) < 4.78 is 7.16. The van der Waals surface area contributed by atoms with E-state index < -0.39 is 0 Å². The van der Waals surface area contributed by atoms with E-state index in [-0.39, 0.29) is 5.56 Å². The third-order valence-electron chi connectivity index (χ3n) is 5.18. The molecule has 27 heavy (non-hydrogen) atoms. The van der Waals surface area contributed by atoms with Crippen molar-refractivity contribution in [1.29, 1.82) is 0 Å². The van der Waals surface area contributed by atoms with E-state index in [1.54, 1.807) is 7.11 Å². The first-order chi connectivity index (χ1) is 13.2. The van der Waals surface area contributed by atoms with Gasteiger partial charge in [-0.1, -0.05) is 18.2 Å². The van der Waals surface area contributed by atoms with Crippen LogP contribution in [0.25, 0.3) is 11.0 Å². The van der Waals surface area contributed by atoms with Gasteiger partial charge in [0.15, 0.2) is 0 Å². The van der Waals surface area contributed by atoms with E-state index in [4.69, 9.17) is 4.74 Å². The average molecular weight is 364 g/mol. The van der Waals surface area contributed by atoms with Gasteiger partial charge in [-0.3, -0.25) is 9.69 Å². The summed E-state index contributed by atoms with van der Waals surface area (Å²) in [6.45, 7) is 5.45. The van der Waals surface area contributed by atoms with E-state index in [1.807, 2.05) is 41.0 Å². The second-order valence-electron chi connectivity index (χ2n) is 6.77. The van der Waals surface area contributed by atoms with Crippen molar-refractivity contribution < 1.29 is 4.74 Å². The van der Waals surface area contributed by atoms with Gasteiger partial charge in [-0.2, -0.15) is 0 Å². The predicted molar refractivity (Wildman–Crippen MR) is 108 cm³/mol. The normalized spacial score (nSPS) is 15.2. The summed E-state index contributed by atoms with van der Waals surface area (Å²) in [6.07, 6.45) is 1.42. The molecule has 0 bridgehead atoms. The zero-order valence-corrected chi connectivity index (χ0v) is 15.5. The number of methoxy groups -OCH3 is 1. The fourth-order valence-electron chi connectivity index (χ4n) is 3.62. The first-order valence-corrected chi connectivity index (χ1v) is 9.30. The molecule has 2 aromatic carbocycles. The highest BCUT2D eigenvalue weighted by Crippen LogP contribution is 2.22. The number of ether oxygens (including phenoxy) is 1. The standard InChI is InChI=1S/C21H24N4O2/c1-27-18-6-4-5-17(15-18)24-12-9-23(10-13-24)11-14-25-20-8-3-2-7-19(20)22-16-21(25)26/h2-8,15-16H,9-14H2,1H3. The van der Waals surface area contributed by atoms with Crippen LogP contribution >= 0.6 is 0 Å². The Morgan fingerprint density at radius 1 is 1.00 bits per heavy atom. The average Bonchev–Trinajstić information content (AvgIpc) is 2.73. The van der Waals surface area contributed by atoms with Crippen molar-refractivity contribution in [2.24, 2.45) is 0 Å². The Balaban J connectivity index is 1.39. The summed E-state index contributed by atoms with van der Waals surface area (Å²) in [6, 6.07) is 16.0. The molecule has 6 nitrogen and oxygen atoms in total. The minimum absolute atomic E-state index is 0.0382. The second kappa shape index (κ2) is 7.80. The van der Waals surface area contributed by atoms with Gasteiger partial charge in [0.25, 0.3) is 5.56 Å². The number of hydrogen-bond donors (Lipinski definition) is 0. The lowest BCUT2D eigenvalue weighted by atomic mass is 10.2. The van der Waals surface area contributed by atoms with Gasteiger partial charge in [0.1, 0.15) is 5.75 Å². The zero-order chi connectivity index (χ0) is 18.6. The quantitative estimate of drug-likeness (QED) is 0.695. The molecule has 1 fully saturated rings. The van der Waals surface area contributed by atoms with Gasteiger partial charge in [-0.15, -0.1) is 0 Å². The van der Waals surface area contributed by atoms with Crippen molar-refractivity contribution in [3.63, 3.8) is 0 Å². The number of rotatable bonds is 5. The van der Waals surface area contributed by atoms with Crippen LogP contribution in [-0.2, 0) is 6.54 Å². The lowest BCUT2D eigenvalue weighted by molar-refractivity contribution is 0.248. The number of anilines is 1. The Labute approximate surface area is 158 Å². The Kier molecular flexibility index (Phi) is 5.07. The molecule has 4 rings (SSSR count). The number of para-hydroxylation sites is 2. The predicted octanol–water partition coefficient (Wildman–Crippen LogP) is 2.23. The van der Waals surface area contributed by atoms with Gasteiger partial charge in [0.2, 0.25) is 0 Å². The molecule has 6 heteroatoms. The van der Waals surface area contributed by atoms with E-state index in [0.29, 0.717) is 6.54 Å². The number of nitrogens with zero attached hydrogens (tertiary/aromatic N) is 4. The molecular formula is C21H24N4O2.